The van der Waals surface area contributed by atoms with Crippen molar-refractivity contribution >= 4 is 15.7 Å². The van der Waals surface area contributed by atoms with E-state index in [9.17, 15) is 21.6 Å². The van der Waals surface area contributed by atoms with Gasteiger partial charge < -0.3 is 0 Å². The highest BCUT2D eigenvalue weighted by Crippen LogP contribution is 2.23. The van der Waals surface area contributed by atoms with E-state index in [4.69, 9.17) is 5.26 Å². The lowest BCUT2D eigenvalue weighted by Crippen LogP contribution is -2.16. The lowest BCUT2D eigenvalue weighted by Gasteiger charge is -2.09. The minimum atomic E-state index is -4.56. The first-order valence-electron chi connectivity index (χ1n) is 5.51. The predicted molar refractivity (Wildman–Crippen MR) is 68.3 cm³/mol. The molecule has 0 radical (unpaired) electrons. The number of hydrogen-bond donors (Lipinski definition) is 1. The van der Waals surface area contributed by atoms with Crippen LogP contribution in [0.1, 0.15) is 5.56 Å². The number of halogens is 3. The zero-order valence-electron chi connectivity index (χ0n) is 10.3. The number of rotatable bonds is 3. The standard InChI is InChI=1S/C13H7F3N2O2S/c14-9-5-11(15)13(12(16)6-9)21(19,20)18-10-3-1-8(7-17)2-4-10/h1-6,18H. The van der Waals surface area contributed by atoms with Gasteiger partial charge in [-0.15, -0.1) is 0 Å². The third-order valence-electron chi connectivity index (χ3n) is 2.50. The Balaban J connectivity index is 2.41. The monoisotopic (exact) mass is 312 g/mol. The Morgan fingerprint density at radius 1 is 1.00 bits per heavy atom. The van der Waals surface area contributed by atoms with Gasteiger partial charge in [0, 0.05) is 17.8 Å². The maximum absolute atomic E-state index is 13.5. The SMILES string of the molecule is N#Cc1ccc(NS(=O)(=O)c2c(F)cc(F)cc2F)cc1. The molecule has 0 aliphatic heterocycles. The van der Waals surface area contributed by atoms with Gasteiger partial charge in [-0.25, -0.2) is 21.6 Å². The first-order chi connectivity index (χ1) is 9.83. The second-order valence-electron chi connectivity index (χ2n) is 3.99. The molecular formula is C13H7F3N2O2S. The van der Waals surface area contributed by atoms with E-state index in [-0.39, 0.29) is 23.4 Å². The quantitative estimate of drug-likeness (QED) is 0.947. The highest BCUT2D eigenvalue weighted by atomic mass is 32.2. The smallest absolute Gasteiger partial charge is 0.267 e. The maximum atomic E-state index is 13.5. The molecule has 0 aliphatic carbocycles. The van der Waals surface area contributed by atoms with Crippen LogP contribution in [0.5, 0.6) is 0 Å². The van der Waals surface area contributed by atoms with Crippen LogP contribution in [0.3, 0.4) is 0 Å². The van der Waals surface area contributed by atoms with Crippen molar-refractivity contribution in [3.8, 4) is 6.07 Å². The molecule has 108 valence electrons. The molecule has 0 amide bonds. The van der Waals surface area contributed by atoms with Crippen LogP contribution in [0.15, 0.2) is 41.3 Å². The fourth-order valence-electron chi connectivity index (χ4n) is 1.60. The molecule has 21 heavy (non-hydrogen) atoms. The molecule has 0 unspecified atom stereocenters. The van der Waals surface area contributed by atoms with Crippen LogP contribution >= 0.6 is 0 Å². The van der Waals surface area contributed by atoms with Crippen LogP contribution in [-0.4, -0.2) is 8.42 Å². The summed E-state index contributed by atoms with van der Waals surface area (Å²) < 4.78 is 65.6. The van der Waals surface area contributed by atoms with Crippen molar-refractivity contribution in [3.05, 3.63) is 59.4 Å². The number of anilines is 1. The third-order valence-corrected chi connectivity index (χ3v) is 3.93. The normalized spacial score (nSPS) is 11.0. The molecule has 2 aromatic carbocycles. The number of hydrogen-bond acceptors (Lipinski definition) is 3. The van der Waals surface area contributed by atoms with E-state index in [1.807, 2.05) is 10.8 Å². The Morgan fingerprint density at radius 3 is 2.00 bits per heavy atom. The summed E-state index contributed by atoms with van der Waals surface area (Å²) in [6.07, 6.45) is 0. The van der Waals surface area contributed by atoms with Gasteiger partial charge in [0.1, 0.15) is 17.5 Å². The van der Waals surface area contributed by atoms with Crippen LogP contribution in [0, 0.1) is 28.8 Å². The molecule has 0 fully saturated rings. The summed E-state index contributed by atoms with van der Waals surface area (Å²) in [4.78, 5) is -1.27. The van der Waals surface area contributed by atoms with Crippen LogP contribution < -0.4 is 4.72 Å². The number of nitriles is 1. The van der Waals surface area contributed by atoms with Gasteiger partial charge in [0.2, 0.25) is 0 Å². The van der Waals surface area contributed by atoms with Crippen molar-refractivity contribution in [2.75, 3.05) is 4.72 Å². The van der Waals surface area contributed by atoms with Gasteiger partial charge in [-0.2, -0.15) is 5.26 Å². The van der Waals surface area contributed by atoms with Gasteiger partial charge in [-0.3, -0.25) is 4.72 Å². The molecule has 1 N–H and O–H groups in total. The molecule has 0 saturated carbocycles. The van der Waals surface area contributed by atoms with Crippen LogP contribution in [0.2, 0.25) is 0 Å². The largest absolute Gasteiger partial charge is 0.279 e. The Hall–Kier alpha value is -2.53. The minimum absolute atomic E-state index is 0.0112. The van der Waals surface area contributed by atoms with Crippen LogP contribution in [0.4, 0.5) is 18.9 Å². The van der Waals surface area contributed by atoms with Gasteiger partial charge in [0.25, 0.3) is 10.0 Å². The van der Waals surface area contributed by atoms with Gasteiger partial charge >= 0.3 is 0 Å². The number of benzene rings is 2. The molecule has 0 aliphatic rings. The lowest BCUT2D eigenvalue weighted by atomic mass is 10.2. The number of sulfonamides is 1. The summed E-state index contributed by atoms with van der Waals surface area (Å²) >= 11 is 0. The van der Waals surface area contributed by atoms with Crippen molar-refractivity contribution in [1.82, 2.24) is 0 Å². The zero-order valence-corrected chi connectivity index (χ0v) is 11.1. The van der Waals surface area contributed by atoms with E-state index < -0.39 is 32.4 Å². The number of nitrogens with zero attached hydrogens (tertiary/aromatic N) is 1. The second kappa shape index (κ2) is 5.46. The van der Waals surface area contributed by atoms with Crippen molar-refractivity contribution in [3.63, 3.8) is 0 Å². The molecule has 0 bridgehead atoms. The van der Waals surface area contributed by atoms with E-state index in [1.54, 1.807) is 0 Å². The van der Waals surface area contributed by atoms with E-state index in [0.717, 1.165) is 0 Å². The summed E-state index contributed by atoms with van der Waals surface area (Å²) in [5.41, 5.74) is 0.300. The van der Waals surface area contributed by atoms with E-state index in [1.165, 1.54) is 24.3 Å². The van der Waals surface area contributed by atoms with Gasteiger partial charge in [0.15, 0.2) is 4.90 Å². The van der Waals surface area contributed by atoms with E-state index >= 15 is 0 Å². The Bertz CT molecular complexity index is 804. The first-order valence-corrected chi connectivity index (χ1v) is 6.99. The summed E-state index contributed by atoms with van der Waals surface area (Å²) in [7, 11) is -4.56. The maximum Gasteiger partial charge on any atom is 0.267 e. The molecule has 0 atom stereocenters. The van der Waals surface area contributed by atoms with Crippen molar-refractivity contribution in [1.29, 1.82) is 5.26 Å². The molecule has 8 heteroatoms. The average molecular weight is 312 g/mol. The first kappa shape index (κ1) is 14.9. The van der Waals surface area contributed by atoms with Crippen molar-refractivity contribution in [2.24, 2.45) is 0 Å². The Kier molecular flexibility index (Phi) is 3.86. The predicted octanol–water partition coefficient (Wildman–Crippen LogP) is 2.78. The molecule has 0 saturated heterocycles. The highest BCUT2D eigenvalue weighted by Gasteiger charge is 2.25. The molecule has 2 aromatic rings. The average Bonchev–Trinajstić information content (AvgIpc) is 2.37. The Labute approximate surface area is 118 Å². The molecule has 0 heterocycles. The fourth-order valence-corrected chi connectivity index (χ4v) is 2.78. The molecule has 2 rings (SSSR count). The summed E-state index contributed by atoms with van der Waals surface area (Å²) in [6, 6.07) is 7.56. The van der Waals surface area contributed by atoms with Gasteiger partial charge in [-0.1, -0.05) is 0 Å². The number of nitrogens with one attached hydrogen (secondary N) is 1. The summed E-state index contributed by atoms with van der Waals surface area (Å²) in [5, 5.41) is 8.61. The minimum Gasteiger partial charge on any atom is -0.279 e. The molecule has 4 nitrogen and oxygen atoms in total. The highest BCUT2D eigenvalue weighted by molar-refractivity contribution is 7.92. The topological polar surface area (TPSA) is 70.0 Å². The van der Waals surface area contributed by atoms with Crippen molar-refractivity contribution < 1.29 is 21.6 Å². The third kappa shape index (κ3) is 3.14. The molecule has 0 aromatic heterocycles. The second-order valence-corrected chi connectivity index (χ2v) is 5.61. The summed E-state index contributed by atoms with van der Waals surface area (Å²) in [5.74, 6) is -4.29. The molecule has 0 spiro atoms. The fraction of sp³-hybridized carbons (Fsp3) is 0. The zero-order chi connectivity index (χ0) is 15.6. The van der Waals surface area contributed by atoms with Crippen molar-refractivity contribution in [2.45, 2.75) is 4.90 Å². The van der Waals surface area contributed by atoms with Crippen LogP contribution in [0.25, 0.3) is 0 Å². The molecular weight excluding hydrogens is 305 g/mol. The van der Waals surface area contributed by atoms with Gasteiger partial charge in [-0.05, 0) is 24.3 Å². The lowest BCUT2D eigenvalue weighted by molar-refractivity contribution is 0.498. The summed E-state index contributed by atoms with van der Waals surface area (Å²) in [6.45, 7) is 0. The van der Waals surface area contributed by atoms with Crippen LogP contribution in [-0.2, 0) is 10.0 Å². The Morgan fingerprint density at radius 2 is 1.52 bits per heavy atom. The van der Waals surface area contributed by atoms with E-state index in [0.29, 0.717) is 0 Å². The van der Waals surface area contributed by atoms with Gasteiger partial charge in [0.05, 0.1) is 11.6 Å². The van der Waals surface area contributed by atoms with E-state index in [2.05, 4.69) is 0 Å².